The molecule has 2 rings (SSSR count). The molecule has 0 unspecified atom stereocenters. The Labute approximate surface area is 139 Å². The molecular formula is C17H20O7. The second-order valence-corrected chi connectivity index (χ2v) is 5.24. The lowest BCUT2D eigenvalue weighted by Gasteiger charge is -2.30. The maximum Gasteiger partial charge on any atom is 0.320 e. The number of methoxy groups -OCH3 is 4. The highest BCUT2D eigenvalue weighted by atomic mass is 16.5. The Morgan fingerprint density at radius 2 is 1.67 bits per heavy atom. The van der Waals surface area contributed by atoms with E-state index in [4.69, 9.17) is 9.47 Å². The molecule has 7 heteroatoms. The number of hydrogen-bond donors (Lipinski definition) is 1. The molecule has 0 saturated carbocycles. The van der Waals surface area contributed by atoms with Crippen LogP contribution in [-0.4, -0.2) is 45.5 Å². The number of benzene rings is 1. The van der Waals surface area contributed by atoms with Crippen molar-refractivity contribution in [3.05, 3.63) is 29.3 Å². The van der Waals surface area contributed by atoms with Gasteiger partial charge in [-0.3, -0.25) is 9.59 Å². The van der Waals surface area contributed by atoms with E-state index in [2.05, 4.69) is 9.47 Å². The van der Waals surface area contributed by atoms with Crippen LogP contribution in [0.15, 0.2) is 18.2 Å². The summed E-state index contributed by atoms with van der Waals surface area (Å²) in [5.41, 5.74) is 1.16. The summed E-state index contributed by atoms with van der Waals surface area (Å²) in [7, 11) is 5.35. The maximum atomic E-state index is 12.0. The minimum absolute atomic E-state index is 0.402. The van der Waals surface area contributed by atoms with Gasteiger partial charge in [-0.15, -0.1) is 0 Å². The smallest absolute Gasteiger partial charge is 0.320 e. The third-order valence-corrected chi connectivity index (χ3v) is 4.06. The fraction of sp³-hybridized carbons (Fsp3) is 0.412. The molecule has 0 aromatic heterocycles. The van der Waals surface area contributed by atoms with Gasteiger partial charge in [-0.2, -0.15) is 0 Å². The summed E-state index contributed by atoms with van der Waals surface area (Å²) in [4.78, 5) is 24.0. The molecule has 0 amide bonds. The second kappa shape index (κ2) is 7.35. The van der Waals surface area contributed by atoms with Crippen molar-refractivity contribution in [1.82, 2.24) is 0 Å². The average molecular weight is 336 g/mol. The molecule has 0 saturated heterocycles. The molecule has 1 aromatic rings. The molecule has 7 nitrogen and oxygen atoms in total. The predicted octanol–water partition coefficient (Wildman–Crippen LogP) is 1.34. The van der Waals surface area contributed by atoms with Crippen molar-refractivity contribution in [2.45, 2.75) is 6.10 Å². The molecule has 1 aliphatic carbocycles. The van der Waals surface area contributed by atoms with Gasteiger partial charge >= 0.3 is 11.9 Å². The number of aliphatic hydroxyl groups is 1. The van der Waals surface area contributed by atoms with Gasteiger partial charge in [-0.25, -0.2) is 0 Å². The number of fused-ring (bicyclic) bond motifs is 1. The number of esters is 2. The van der Waals surface area contributed by atoms with Gasteiger partial charge in [-0.05, 0) is 11.6 Å². The molecule has 0 spiro atoms. The zero-order chi connectivity index (χ0) is 17.9. The molecule has 0 aliphatic heterocycles. The molecule has 0 radical (unpaired) electrons. The van der Waals surface area contributed by atoms with E-state index in [9.17, 15) is 14.7 Å². The molecule has 1 aliphatic rings. The summed E-state index contributed by atoms with van der Waals surface area (Å²) in [6.07, 6.45) is 2.15. The van der Waals surface area contributed by atoms with Crippen LogP contribution in [0.2, 0.25) is 0 Å². The molecule has 24 heavy (non-hydrogen) atoms. The van der Waals surface area contributed by atoms with Crippen LogP contribution in [0.25, 0.3) is 6.08 Å². The summed E-state index contributed by atoms with van der Waals surface area (Å²) >= 11 is 0. The molecule has 2 atom stereocenters. The van der Waals surface area contributed by atoms with Crippen molar-refractivity contribution in [3.63, 3.8) is 0 Å². The van der Waals surface area contributed by atoms with Crippen LogP contribution in [0.5, 0.6) is 11.5 Å². The van der Waals surface area contributed by atoms with E-state index in [0.29, 0.717) is 22.6 Å². The lowest BCUT2D eigenvalue weighted by Crippen LogP contribution is -2.36. The zero-order valence-corrected chi connectivity index (χ0v) is 13.9. The van der Waals surface area contributed by atoms with Gasteiger partial charge in [0.1, 0.15) is 11.5 Å². The van der Waals surface area contributed by atoms with Crippen LogP contribution in [0.4, 0.5) is 0 Å². The third kappa shape index (κ3) is 3.07. The Morgan fingerprint density at radius 1 is 1.04 bits per heavy atom. The number of aliphatic hydroxyl groups excluding tert-OH is 1. The highest BCUT2D eigenvalue weighted by Crippen LogP contribution is 2.43. The molecule has 130 valence electrons. The minimum Gasteiger partial charge on any atom is -0.497 e. The fourth-order valence-electron chi connectivity index (χ4n) is 2.83. The minimum atomic E-state index is -1.27. The lowest BCUT2D eigenvalue weighted by molar-refractivity contribution is -0.162. The number of carbonyl (C=O) groups excluding carboxylic acids is 2. The standard InChI is InChI=1S/C17H20O7/c1-21-10-7-9-5-6-11(14(16(19)23-3)17(20)24-4)15(18)13(9)12(8-10)22-2/h5-8,11,14-15,18H,1-4H3/t11-,15-/m1/s1. The van der Waals surface area contributed by atoms with Gasteiger partial charge in [0.05, 0.1) is 34.5 Å². The van der Waals surface area contributed by atoms with Crippen LogP contribution in [0.1, 0.15) is 17.2 Å². The Bertz CT molecular complexity index is 649. The topological polar surface area (TPSA) is 91.3 Å². The summed E-state index contributed by atoms with van der Waals surface area (Å²) in [6.45, 7) is 0. The normalized spacial score (nSPS) is 18.8. The van der Waals surface area contributed by atoms with Gasteiger partial charge in [0, 0.05) is 17.5 Å². The van der Waals surface area contributed by atoms with E-state index < -0.39 is 29.9 Å². The third-order valence-electron chi connectivity index (χ3n) is 4.06. The van der Waals surface area contributed by atoms with Gasteiger partial charge < -0.3 is 24.1 Å². The van der Waals surface area contributed by atoms with Crippen molar-refractivity contribution in [2.24, 2.45) is 11.8 Å². The van der Waals surface area contributed by atoms with Gasteiger partial charge in [0.15, 0.2) is 5.92 Å². The van der Waals surface area contributed by atoms with Crippen LogP contribution in [-0.2, 0) is 19.1 Å². The molecule has 0 bridgehead atoms. The lowest BCUT2D eigenvalue weighted by atomic mass is 9.78. The predicted molar refractivity (Wildman–Crippen MR) is 84.6 cm³/mol. The Kier molecular flexibility index (Phi) is 5.46. The molecule has 1 aromatic carbocycles. The largest absolute Gasteiger partial charge is 0.497 e. The van der Waals surface area contributed by atoms with E-state index in [0.717, 1.165) is 0 Å². The fourth-order valence-corrected chi connectivity index (χ4v) is 2.83. The Morgan fingerprint density at radius 3 is 2.17 bits per heavy atom. The van der Waals surface area contributed by atoms with E-state index in [-0.39, 0.29) is 0 Å². The number of rotatable bonds is 5. The summed E-state index contributed by atoms with van der Waals surface area (Å²) in [5, 5.41) is 10.8. The number of carbonyl (C=O) groups is 2. The van der Waals surface area contributed by atoms with Gasteiger partial charge in [0.25, 0.3) is 0 Å². The first-order valence-electron chi connectivity index (χ1n) is 7.26. The van der Waals surface area contributed by atoms with E-state index in [1.807, 2.05) is 0 Å². The highest BCUT2D eigenvalue weighted by Gasteiger charge is 2.42. The van der Waals surface area contributed by atoms with E-state index in [1.165, 1.54) is 28.4 Å². The van der Waals surface area contributed by atoms with Crippen molar-refractivity contribution < 1.29 is 33.6 Å². The van der Waals surface area contributed by atoms with Crippen LogP contribution >= 0.6 is 0 Å². The molecular weight excluding hydrogens is 316 g/mol. The summed E-state index contributed by atoms with van der Waals surface area (Å²) < 4.78 is 19.9. The first-order valence-corrected chi connectivity index (χ1v) is 7.26. The highest BCUT2D eigenvalue weighted by molar-refractivity contribution is 5.96. The maximum absolute atomic E-state index is 12.0. The van der Waals surface area contributed by atoms with E-state index >= 15 is 0 Å². The monoisotopic (exact) mass is 336 g/mol. The van der Waals surface area contributed by atoms with Crippen LogP contribution in [0, 0.1) is 11.8 Å². The van der Waals surface area contributed by atoms with Crippen LogP contribution < -0.4 is 9.47 Å². The van der Waals surface area contributed by atoms with Crippen molar-refractivity contribution in [2.75, 3.05) is 28.4 Å². The van der Waals surface area contributed by atoms with Crippen LogP contribution in [0.3, 0.4) is 0 Å². The number of hydrogen-bond acceptors (Lipinski definition) is 7. The first-order chi connectivity index (χ1) is 11.5. The van der Waals surface area contributed by atoms with E-state index in [1.54, 1.807) is 24.3 Å². The Balaban J connectivity index is 2.50. The first kappa shape index (κ1) is 17.8. The van der Waals surface area contributed by atoms with Gasteiger partial charge in [0.2, 0.25) is 0 Å². The van der Waals surface area contributed by atoms with Crippen molar-refractivity contribution in [3.8, 4) is 11.5 Å². The molecule has 0 fully saturated rings. The van der Waals surface area contributed by atoms with Gasteiger partial charge in [-0.1, -0.05) is 12.2 Å². The second-order valence-electron chi connectivity index (χ2n) is 5.24. The average Bonchev–Trinajstić information content (AvgIpc) is 2.61. The zero-order valence-electron chi connectivity index (χ0n) is 13.9. The SMILES string of the molecule is COC(=O)C(C(=O)OC)[C@H]1C=Cc2cc(OC)cc(OC)c2[C@@H]1O. The number of ether oxygens (including phenoxy) is 4. The molecule has 1 N–H and O–H groups in total. The summed E-state index contributed by atoms with van der Waals surface area (Å²) in [5.74, 6) is -2.68. The molecule has 0 heterocycles. The quantitative estimate of drug-likeness (QED) is 0.641. The van der Waals surface area contributed by atoms with Crippen molar-refractivity contribution in [1.29, 1.82) is 0 Å². The van der Waals surface area contributed by atoms with Crippen molar-refractivity contribution >= 4 is 18.0 Å². The Hall–Kier alpha value is -2.54. The summed E-state index contributed by atoms with van der Waals surface area (Å²) in [6, 6.07) is 3.36.